The normalized spacial score (nSPS) is 13.1. The van der Waals surface area contributed by atoms with Crippen molar-refractivity contribution in [1.29, 1.82) is 0 Å². The lowest BCUT2D eigenvalue weighted by atomic mass is 9.81. The molecule has 2 heterocycles. The van der Waals surface area contributed by atoms with Gasteiger partial charge in [0.1, 0.15) is 11.2 Å². The number of hydrogen-bond donors (Lipinski definition) is 0. The summed E-state index contributed by atoms with van der Waals surface area (Å²) >= 11 is 0. The Morgan fingerprint density at radius 2 is 1.12 bits per heavy atom. The van der Waals surface area contributed by atoms with Crippen molar-refractivity contribution in [3.63, 3.8) is 0 Å². The highest BCUT2D eigenvalue weighted by molar-refractivity contribution is 6.11. The SMILES string of the molecule is CC1(C)c2cc(-c3cccc(N(c4ccc5c(c4)oc4ccccc45)c4ccc5c(c4)c4ccccc4n5-c4ccccc4)c3)ccc2-c2c1ccc1ccccc21. The Morgan fingerprint density at radius 3 is 2.02 bits per heavy atom. The number of aromatic nitrogens is 1. The van der Waals surface area contributed by atoms with Crippen molar-refractivity contribution in [2.24, 2.45) is 0 Å². The first kappa shape index (κ1) is 32.8. The van der Waals surface area contributed by atoms with Gasteiger partial charge in [-0.25, -0.2) is 0 Å². The van der Waals surface area contributed by atoms with Gasteiger partial charge < -0.3 is 13.9 Å². The summed E-state index contributed by atoms with van der Waals surface area (Å²) in [7, 11) is 0. The van der Waals surface area contributed by atoms with Gasteiger partial charge in [0.2, 0.25) is 0 Å². The highest BCUT2D eigenvalue weighted by atomic mass is 16.3. The van der Waals surface area contributed by atoms with E-state index < -0.39 is 0 Å². The molecule has 0 N–H and O–H groups in total. The minimum absolute atomic E-state index is 0.120. The summed E-state index contributed by atoms with van der Waals surface area (Å²) in [5.41, 5.74) is 16.2. The number of hydrogen-bond acceptors (Lipinski definition) is 2. The van der Waals surface area contributed by atoms with Crippen LogP contribution in [-0.4, -0.2) is 4.57 Å². The molecule has 274 valence electrons. The van der Waals surface area contributed by atoms with Crippen LogP contribution in [-0.2, 0) is 5.41 Å². The van der Waals surface area contributed by atoms with E-state index in [9.17, 15) is 0 Å². The first-order valence-corrected chi connectivity index (χ1v) is 20.1. The summed E-state index contributed by atoms with van der Waals surface area (Å²) in [6.45, 7) is 4.74. The molecule has 0 unspecified atom stereocenters. The van der Waals surface area contributed by atoms with Crippen LogP contribution in [0, 0.1) is 0 Å². The third kappa shape index (κ3) is 4.80. The summed E-state index contributed by atoms with van der Waals surface area (Å²) in [5, 5.41) is 7.27. The fourth-order valence-corrected chi connectivity index (χ4v) is 9.77. The van der Waals surface area contributed by atoms with Gasteiger partial charge in [-0.3, -0.25) is 0 Å². The second kappa shape index (κ2) is 12.3. The van der Waals surface area contributed by atoms with Crippen molar-refractivity contribution in [3.05, 3.63) is 205 Å². The van der Waals surface area contributed by atoms with Gasteiger partial charge in [0.15, 0.2) is 0 Å². The Bertz CT molecular complexity index is 3440. The fourth-order valence-electron chi connectivity index (χ4n) is 9.77. The van der Waals surface area contributed by atoms with Gasteiger partial charge in [-0.1, -0.05) is 129 Å². The highest BCUT2D eigenvalue weighted by Gasteiger charge is 2.36. The topological polar surface area (TPSA) is 21.3 Å². The van der Waals surface area contributed by atoms with Crippen LogP contribution in [0.1, 0.15) is 25.0 Å². The molecule has 2 aromatic heterocycles. The number of nitrogens with zero attached hydrogens (tertiary/aromatic N) is 2. The van der Waals surface area contributed by atoms with Crippen LogP contribution in [0.25, 0.3) is 82.5 Å². The van der Waals surface area contributed by atoms with Gasteiger partial charge in [-0.15, -0.1) is 0 Å². The lowest BCUT2D eigenvalue weighted by Crippen LogP contribution is -2.15. The lowest BCUT2D eigenvalue weighted by Gasteiger charge is -2.26. The molecule has 0 saturated heterocycles. The maximum Gasteiger partial charge on any atom is 0.137 e. The van der Waals surface area contributed by atoms with Crippen molar-refractivity contribution in [2.75, 3.05) is 4.90 Å². The number of fused-ring (bicyclic) bond motifs is 11. The van der Waals surface area contributed by atoms with Crippen molar-refractivity contribution in [2.45, 2.75) is 19.3 Å². The number of furan rings is 1. The van der Waals surface area contributed by atoms with Crippen LogP contribution in [0.4, 0.5) is 17.1 Å². The molecule has 0 fully saturated rings. The predicted molar refractivity (Wildman–Crippen MR) is 243 cm³/mol. The van der Waals surface area contributed by atoms with Gasteiger partial charge in [-0.2, -0.15) is 0 Å². The monoisotopic (exact) mass is 742 g/mol. The molecular weight excluding hydrogens is 705 g/mol. The number of anilines is 3. The van der Waals surface area contributed by atoms with Crippen LogP contribution in [0.5, 0.6) is 0 Å². The molecule has 0 bridgehead atoms. The third-order valence-electron chi connectivity index (χ3n) is 12.6. The van der Waals surface area contributed by atoms with Gasteiger partial charge >= 0.3 is 0 Å². The zero-order chi connectivity index (χ0) is 38.5. The maximum absolute atomic E-state index is 6.47. The Balaban J connectivity index is 1.04. The van der Waals surface area contributed by atoms with Crippen LogP contribution in [0.15, 0.2) is 199 Å². The predicted octanol–water partition coefficient (Wildman–Crippen LogP) is 15.3. The van der Waals surface area contributed by atoms with E-state index in [1.807, 2.05) is 12.1 Å². The summed E-state index contributed by atoms with van der Waals surface area (Å²) in [6, 6.07) is 70.7. The molecule has 0 saturated carbocycles. The molecule has 9 aromatic carbocycles. The average Bonchev–Trinajstić information content (AvgIpc) is 3.89. The van der Waals surface area contributed by atoms with E-state index in [1.165, 1.54) is 66.0 Å². The quantitative estimate of drug-likeness (QED) is 0.175. The Labute approximate surface area is 336 Å². The maximum atomic E-state index is 6.47. The summed E-state index contributed by atoms with van der Waals surface area (Å²) in [6.07, 6.45) is 0. The summed E-state index contributed by atoms with van der Waals surface area (Å²) < 4.78 is 8.85. The molecule has 3 nitrogen and oxygen atoms in total. The molecule has 1 aliphatic rings. The first-order chi connectivity index (χ1) is 28.5. The highest BCUT2D eigenvalue weighted by Crippen LogP contribution is 2.52. The molecular formula is C55H38N2O. The van der Waals surface area contributed by atoms with Crippen molar-refractivity contribution in [3.8, 4) is 27.9 Å². The standard InChI is InChI=1S/C55H38N2O/c1-55(2)48-29-24-35-13-6-7-18-42(35)54(48)46-27-23-37(32-49(46)55)36-14-12-17-39(31-36)56(41-25-28-45-44-20-9-11-22-52(44)58-53(45)34-41)40-26-30-51-47(33-40)43-19-8-10-21-50(43)57(51)38-15-4-3-5-16-38/h3-34H,1-2H3. The zero-order valence-electron chi connectivity index (χ0n) is 32.3. The van der Waals surface area contributed by atoms with E-state index >= 15 is 0 Å². The molecule has 0 atom stereocenters. The minimum atomic E-state index is -0.120. The number of benzene rings is 9. The van der Waals surface area contributed by atoms with Gasteiger partial charge in [0, 0.05) is 55.8 Å². The summed E-state index contributed by atoms with van der Waals surface area (Å²) in [4.78, 5) is 2.38. The molecule has 58 heavy (non-hydrogen) atoms. The van der Waals surface area contributed by atoms with Crippen molar-refractivity contribution < 1.29 is 4.42 Å². The van der Waals surface area contributed by atoms with Crippen LogP contribution in [0.3, 0.4) is 0 Å². The number of rotatable bonds is 5. The Hall–Kier alpha value is -7.36. The van der Waals surface area contributed by atoms with Gasteiger partial charge in [0.25, 0.3) is 0 Å². The molecule has 0 spiro atoms. The smallest absolute Gasteiger partial charge is 0.137 e. The second-order valence-electron chi connectivity index (χ2n) is 16.1. The first-order valence-electron chi connectivity index (χ1n) is 20.1. The van der Waals surface area contributed by atoms with Gasteiger partial charge in [0.05, 0.1) is 11.0 Å². The van der Waals surface area contributed by atoms with E-state index in [0.29, 0.717) is 0 Å². The average molecular weight is 743 g/mol. The van der Waals surface area contributed by atoms with Crippen LogP contribution < -0.4 is 4.90 Å². The van der Waals surface area contributed by atoms with Crippen LogP contribution in [0.2, 0.25) is 0 Å². The number of para-hydroxylation sites is 3. The van der Waals surface area contributed by atoms with Crippen molar-refractivity contribution in [1.82, 2.24) is 4.57 Å². The fraction of sp³-hybridized carbons (Fsp3) is 0.0545. The van der Waals surface area contributed by atoms with E-state index in [-0.39, 0.29) is 5.41 Å². The van der Waals surface area contributed by atoms with E-state index in [2.05, 4.69) is 205 Å². The van der Waals surface area contributed by atoms with E-state index in [4.69, 9.17) is 4.42 Å². The molecule has 12 rings (SSSR count). The largest absolute Gasteiger partial charge is 0.456 e. The molecule has 3 heteroatoms. The lowest BCUT2D eigenvalue weighted by molar-refractivity contribution is 0.661. The molecule has 0 aliphatic heterocycles. The second-order valence-corrected chi connectivity index (χ2v) is 16.1. The Kier molecular flexibility index (Phi) is 6.98. The molecule has 0 amide bonds. The van der Waals surface area contributed by atoms with E-state index in [0.717, 1.165) is 44.7 Å². The molecule has 11 aromatic rings. The van der Waals surface area contributed by atoms with Crippen LogP contribution >= 0.6 is 0 Å². The minimum Gasteiger partial charge on any atom is -0.456 e. The Morgan fingerprint density at radius 1 is 0.431 bits per heavy atom. The zero-order valence-corrected chi connectivity index (χ0v) is 32.3. The van der Waals surface area contributed by atoms with E-state index in [1.54, 1.807) is 0 Å². The van der Waals surface area contributed by atoms with Crippen molar-refractivity contribution >= 4 is 71.6 Å². The molecule has 1 aliphatic carbocycles. The summed E-state index contributed by atoms with van der Waals surface area (Å²) in [5.74, 6) is 0. The van der Waals surface area contributed by atoms with Gasteiger partial charge in [-0.05, 0) is 117 Å². The molecule has 0 radical (unpaired) electrons. The third-order valence-corrected chi connectivity index (χ3v) is 12.6.